The number of amides is 1. The standard InChI is InChI=1S/C8H13NO2/c10-8-6-11-5-7-3-1-2-4-9(7)8/h7H,1-6H2. The first-order valence-electron chi connectivity index (χ1n) is 4.25. The van der Waals surface area contributed by atoms with Crippen LogP contribution >= 0.6 is 0 Å². The van der Waals surface area contributed by atoms with E-state index in [1.807, 2.05) is 4.90 Å². The quantitative estimate of drug-likeness (QED) is 0.506. The normalized spacial score (nSPS) is 31.8. The molecule has 1 unspecified atom stereocenters. The molecule has 0 aromatic carbocycles. The van der Waals surface area contributed by atoms with Crippen LogP contribution in [-0.2, 0) is 9.53 Å². The van der Waals surface area contributed by atoms with Gasteiger partial charge in [-0.05, 0) is 19.3 Å². The van der Waals surface area contributed by atoms with Gasteiger partial charge in [0.15, 0.2) is 0 Å². The third-order valence-corrected chi connectivity index (χ3v) is 2.48. The number of hydrogen-bond donors (Lipinski definition) is 0. The highest BCUT2D eigenvalue weighted by molar-refractivity contribution is 5.78. The first kappa shape index (κ1) is 7.10. The number of carbonyl (C=O) groups excluding carboxylic acids is 1. The number of fused-ring (bicyclic) bond motifs is 1. The molecule has 62 valence electrons. The lowest BCUT2D eigenvalue weighted by Gasteiger charge is -2.38. The minimum absolute atomic E-state index is 0.181. The number of nitrogens with zero attached hydrogens (tertiary/aromatic N) is 1. The molecule has 2 heterocycles. The molecular weight excluding hydrogens is 142 g/mol. The second-order valence-corrected chi connectivity index (χ2v) is 3.25. The summed E-state index contributed by atoms with van der Waals surface area (Å²) in [6.45, 7) is 2.01. The molecule has 3 nitrogen and oxygen atoms in total. The van der Waals surface area contributed by atoms with E-state index >= 15 is 0 Å². The van der Waals surface area contributed by atoms with Crippen LogP contribution in [-0.4, -0.2) is 36.6 Å². The van der Waals surface area contributed by atoms with Crippen molar-refractivity contribution in [2.75, 3.05) is 19.8 Å². The Labute approximate surface area is 66.3 Å². The monoisotopic (exact) mass is 155 g/mol. The third kappa shape index (κ3) is 1.25. The zero-order valence-corrected chi connectivity index (χ0v) is 6.58. The van der Waals surface area contributed by atoms with Crippen LogP contribution in [0.1, 0.15) is 19.3 Å². The summed E-state index contributed by atoms with van der Waals surface area (Å²) < 4.78 is 5.16. The molecule has 2 fully saturated rings. The molecule has 0 aliphatic carbocycles. The van der Waals surface area contributed by atoms with Gasteiger partial charge in [-0.15, -0.1) is 0 Å². The van der Waals surface area contributed by atoms with Crippen molar-refractivity contribution in [1.29, 1.82) is 0 Å². The molecule has 0 aromatic rings. The van der Waals surface area contributed by atoms with Gasteiger partial charge in [0.2, 0.25) is 5.91 Å². The van der Waals surface area contributed by atoms with Gasteiger partial charge in [-0.1, -0.05) is 0 Å². The Balaban J connectivity index is 2.05. The fourth-order valence-electron chi connectivity index (χ4n) is 1.87. The van der Waals surface area contributed by atoms with Crippen LogP contribution in [0.5, 0.6) is 0 Å². The number of ether oxygens (including phenoxy) is 1. The van der Waals surface area contributed by atoms with Crippen LogP contribution in [0.25, 0.3) is 0 Å². The number of rotatable bonds is 0. The lowest BCUT2D eigenvalue weighted by molar-refractivity contribution is -0.150. The molecule has 0 saturated carbocycles. The topological polar surface area (TPSA) is 29.5 Å². The van der Waals surface area contributed by atoms with Crippen LogP contribution in [0.2, 0.25) is 0 Å². The minimum Gasteiger partial charge on any atom is -0.369 e. The fourth-order valence-corrected chi connectivity index (χ4v) is 1.87. The summed E-state index contributed by atoms with van der Waals surface area (Å²) >= 11 is 0. The minimum atomic E-state index is 0.181. The van der Waals surface area contributed by atoms with Gasteiger partial charge in [-0.25, -0.2) is 0 Å². The number of piperidine rings is 1. The zero-order chi connectivity index (χ0) is 7.68. The second-order valence-electron chi connectivity index (χ2n) is 3.25. The van der Waals surface area contributed by atoms with E-state index in [-0.39, 0.29) is 5.91 Å². The number of morpholine rings is 1. The van der Waals surface area contributed by atoms with Gasteiger partial charge < -0.3 is 9.64 Å². The summed E-state index contributed by atoms with van der Waals surface area (Å²) in [6, 6.07) is 0.394. The molecule has 0 bridgehead atoms. The van der Waals surface area contributed by atoms with Gasteiger partial charge in [0.1, 0.15) is 6.61 Å². The van der Waals surface area contributed by atoms with Crippen molar-refractivity contribution in [2.45, 2.75) is 25.3 Å². The van der Waals surface area contributed by atoms with Crippen molar-refractivity contribution < 1.29 is 9.53 Å². The summed E-state index contributed by atoms with van der Waals surface area (Å²) in [7, 11) is 0. The Hall–Kier alpha value is -0.570. The molecule has 0 N–H and O–H groups in total. The SMILES string of the molecule is O=C1COCC2CCCCN12. The van der Waals surface area contributed by atoms with Crippen molar-refractivity contribution in [3.8, 4) is 0 Å². The first-order chi connectivity index (χ1) is 5.38. The van der Waals surface area contributed by atoms with E-state index < -0.39 is 0 Å². The molecule has 0 spiro atoms. The maximum absolute atomic E-state index is 11.2. The smallest absolute Gasteiger partial charge is 0.248 e. The summed E-state index contributed by atoms with van der Waals surface area (Å²) in [4.78, 5) is 13.2. The maximum Gasteiger partial charge on any atom is 0.248 e. The predicted molar refractivity (Wildman–Crippen MR) is 40.2 cm³/mol. The molecule has 2 rings (SSSR count). The Kier molecular flexibility index (Phi) is 1.82. The van der Waals surface area contributed by atoms with Crippen LogP contribution in [0.15, 0.2) is 0 Å². The lowest BCUT2D eigenvalue weighted by Crippen LogP contribution is -2.51. The first-order valence-corrected chi connectivity index (χ1v) is 4.25. The summed E-state index contributed by atoms with van der Waals surface area (Å²) in [5.41, 5.74) is 0. The maximum atomic E-state index is 11.2. The Morgan fingerprint density at radius 2 is 2.36 bits per heavy atom. The van der Waals surface area contributed by atoms with Crippen molar-refractivity contribution >= 4 is 5.91 Å². The van der Waals surface area contributed by atoms with Crippen LogP contribution in [0.3, 0.4) is 0 Å². The van der Waals surface area contributed by atoms with Crippen LogP contribution in [0, 0.1) is 0 Å². The van der Waals surface area contributed by atoms with Gasteiger partial charge >= 0.3 is 0 Å². The third-order valence-electron chi connectivity index (χ3n) is 2.48. The molecule has 2 saturated heterocycles. The largest absolute Gasteiger partial charge is 0.369 e. The molecule has 2 aliphatic rings. The molecule has 0 radical (unpaired) electrons. The molecule has 1 atom stereocenters. The molecule has 11 heavy (non-hydrogen) atoms. The average molecular weight is 155 g/mol. The molecule has 2 aliphatic heterocycles. The molecule has 0 aromatic heterocycles. The van der Waals surface area contributed by atoms with Gasteiger partial charge in [0.05, 0.1) is 12.6 Å². The van der Waals surface area contributed by atoms with E-state index in [0.717, 1.165) is 19.6 Å². The molecule has 3 heteroatoms. The highest BCUT2D eigenvalue weighted by Gasteiger charge is 2.30. The van der Waals surface area contributed by atoms with Gasteiger partial charge in [-0.3, -0.25) is 4.79 Å². The van der Waals surface area contributed by atoms with Gasteiger partial charge in [0, 0.05) is 6.54 Å². The van der Waals surface area contributed by atoms with E-state index in [2.05, 4.69) is 0 Å². The lowest BCUT2D eigenvalue weighted by atomic mass is 10.0. The number of carbonyl (C=O) groups is 1. The summed E-state index contributed by atoms with van der Waals surface area (Å²) in [5, 5.41) is 0. The van der Waals surface area contributed by atoms with Gasteiger partial charge in [-0.2, -0.15) is 0 Å². The highest BCUT2D eigenvalue weighted by atomic mass is 16.5. The second kappa shape index (κ2) is 2.81. The van der Waals surface area contributed by atoms with E-state index in [1.54, 1.807) is 0 Å². The molecular formula is C8H13NO2. The molecule has 1 amide bonds. The summed E-state index contributed by atoms with van der Waals surface area (Å²) in [6.07, 6.45) is 3.55. The Morgan fingerprint density at radius 3 is 3.18 bits per heavy atom. The van der Waals surface area contributed by atoms with Crippen molar-refractivity contribution in [3.63, 3.8) is 0 Å². The Morgan fingerprint density at radius 1 is 1.45 bits per heavy atom. The fraction of sp³-hybridized carbons (Fsp3) is 0.875. The highest BCUT2D eigenvalue weighted by Crippen LogP contribution is 2.19. The van der Waals surface area contributed by atoms with Crippen molar-refractivity contribution in [3.05, 3.63) is 0 Å². The van der Waals surface area contributed by atoms with E-state index in [0.29, 0.717) is 12.6 Å². The van der Waals surface area contributed by atoms with Crippen LogP contribution in [0.4, 0.5) is 0 Å². The zero-order valence-electron chi connectivity index (χ0n) is 6.58. The Bertz CT molecular complexity index is 167. The van der Waals surface area contributed by atoms with E-state index in [9.17, 15) is 4.79 Å². The van der Waals surface area contributed by atoms with Crippen molar-refractivity contribution in [2.24, 2.45) is 0 Å². The van der Waals surface area contributed by atoms with Crippen molar-refractivity contribution in [1.82, 2.24) is 4.90 Å². The van der Waals surface area contributed by atoms with E-state index in [1.165, 1.54) is 12.8 Å². The van der Waals surface area contributed by atoms with Gasteiger partial charge in [0.25, 0.3) is 0 Å². The number of hydrogen-bond acceptors (Lipinski definition) is 2. The summed E-state index contributed by atoms with van der Waals surface area (Å²) in [5.74, 6) is 0.181. The average Bonchev–Trinajstić information content (AvgIpc) is 2.06. The van der Waals surface area contributed by atoms with Crippen LogP contribution < -0.4 is 0 Å². The van der Waals surface area contributed by atoms with E-state index in [4.69, 9.17) is 4.74 Å². The predicted octanol–water partition coefficient (Wildman–Crippen LogP) is 0.398.